The van der Waals surface area contributed by atoms with Crippen LogP contribution in [0.4, 0.5) is 4.39 Å². The van der Waals surface area contributed by atoms with Gasteiger partial charge in [-0.05, 0) is 62.3 Å². The molecule has 1 unspecified atom stereocenters. The molecule has 3 nitrogen and oxygen atoms in total. The molecule has 1 saturated carbocycles. The molecule has 2 fully saturated rings. The summed E-state index contributed by atoms with van der Waals surface area (Å²) in [5.74, 6) is 0.466. The summed E-state index contributed by atoms with van der Waals surface area (Å²) < 4.78 is 13.2. The predicted octanol–water partition coefficient (Wildman–Crippen LogP) is 3.25. The van der Waals surface area contributed by atoms with Crippen molar-refractivity contribution in [3.05, 3.63) is 35.6 Å². The van der Waals surface area contributed by atoms with Crippen LogP contribution in [0, 0.1) is 17.7 Å². The van der Waals surface area contributed by atoms with Crippen molar-refractivity contribution in [1.82, 2.24) is 4.90 Å². The summed E-state index contributed by atoms with van der Waals surface area (Å²) >= 11 is 0. The third-order valence-corrected chi connectivity index (χ3v) is 5.32. The van der Waals surface area contributed by atoms with Crippen molar-refractivity contribution in [3.63, 3.8) is 0 Å². The summed E-state index contributed by atoms with van der Waals surface area (Å²) in [6.45, 7) is 1.42. The number of carbonyl (C=O) groups is 1. The number of rotatable bonds is 3. The topological polar surface area (TPSA) is 46.3 Å². The van der Waals surface area contributed by atoms with Crippen LogP contribution in [0.25, 0.3) is 0 Å². The zero-order valence-corrected chi connectivity index (χ0v) is 13.0. The smallest absolute Gasteiger partial charge is 0.226 e. The van der Waals surface area contributed by atoms with E-state index in [4.69, 9.17) is 5.73 Å². The lowest BCUT2D eigenvalue weighted by molar-refractivity contribution is -0.140. The van der Waals surface area contributed by atoms with Gasteiger partial charge in [-0.1, -0.05) is 18.6 Å². The minimum absolute atomic E-state index is 0.0889. The fraction of sp³-hybridized carbons (Fsp3) is 0.611. The van der Waals surface area contributed by atoms with E-state index in [1.54, 1.807) is 0 Å². The number of carbonyl (C=O) groups excluding carboxylic acids is 1. The zero-order valence-electron chi connectivity index (χ0n) is 13.0. The van der Waals surface area contributed by atoms with Gasteiger partial charge in [-0.3, -0.25) is 4.79 Å². The summed E-state index contributed by atoms with van der Waals surface area (Å²) in [6, 6.07) is 6.72. The molecule has 0 spiro atoms. The Morgan fingerprint density at radius 2 is 1.91 bits per heavy atom. The van der Waals surface area contributed by atoms with Gasteiger partial charge < -0.3 is 10.6 Å². The molecule has 3 rings (SSSR count). The van der Waals surface area contributed by atoms with Gasteiger partial charge in [0.15, 0.2) is 0 Å². The van der Waals surface area contributed by atoms with Crippen LogP contribution >= 0.6 is 0 Å². The number of nitrogens with zero attached hydrogens (tertiary/aromatic N) is 1. The molecule has 0 bridgehead atoms. The Balaban J connectivity index is 1.80. The molecule has 1 aliphatic carbocycles. The van der Waals surface area contributed by atoms with Gasteiger partial charge in [0.1, 0.15) is 5.82 Å². The van der Waals surface area contributed by atoms with E-state index in [2.05, 4.69) is 0 Å². The van der Waals surface area contributed by atoms with Crippen LogP contribution < -0.4 is 5.73 Å². The van der Waals surface area contributed by atoms with Crippen molar-refractivity contribution >= 4 is 5.91 Å². The maximum Gasteiger partial charge on any atom is 0.226 e. The van der Waals surface area contributed by atoms with Crippen LogP contribution in [0.15, 0.2) is 24.3 Å². The molecule has 1 heterocycles. The molecule has 1 aromatic carbocycles. The monoisotopic (exact) mass is 304 g/mol. The average Bonchev–Trinajstić information content (AvgIpc) is 3.03. The second-order valence-electron chi connectivity index (χ2n) is 6.63. The molecule has 4 heteroatoms. The number of halogens is 1. The highest BCUT2D eigenvalue weighted by Crippen LogP contribution is 2.37. The molecule has 2 N–H and O–H groups in total. The van der Waals surface area contributed by atoms with Gasteiger partial charge in [-0.15, -0.1) is 0 Å². The van der Waals surface area contributed by atoms with Crippen molar-refractivity contribution in [1.29, 1.82) is 0 Å². The minimum atomic E-state index is -0.226. The quantitative estimate of drug-likeness (QED) is 0.931. The van der Waals surface area contributed by atoms with E-state index in [0.29, 0.717) is 12.5 Å². The van der Waals surface area contributed by atoms with Crippen LogP contribution in [-0.4, -0.2) is 23.9 Å². The first-order chi connectivity index (χ1) is 10.7. The number of nitrogens with two attached hydrogens (primary N) is 1. The summed E-state index contributed by atoms with van der Waals surface area (Å²) in [5.41, 5.74) is 6.89. The molecule has 0 aromatic heterocycles. The highest BCUT2D eigenvalue weighted by molar-refractivity contribution is 5.80. The number of amides is 1. The van der Waals surface area contributed by atoms with E-state index in [0.717, 1.165) is 50.6 Å². The summed E-state index contributed by atoms with van der Waals surface area (Å²) in [5, 5.41) is 0. The lowest BCUT2D eigenvalue weighted by atomic mass is 9.90. The number of likely N-dealkylation sites (tertiary alicyclic amines) is 1. The first-order valence-electron chi connectivity index (χ1n) is 8.46. The first kappa shape index (κ1) is 15.5. The molecule has 3 atom stereocenters. The highest BCUT2D eigenvalue weighted by atomic mass is 19.1. The lowest BCUT2D eigenvalue weighted by Crippen LogP contribution is -2.43. The van der Waals surface area contributed by atoms with E-state index in [9.17, 15) is 9.18 Å². The fourth-order valence-electron chi connectivity index (χ4n) is 4.08. The van der Waals surface area contributed by atoms with E-state index in [1.807, 2.05) is 17.0 Å². The maximum absolute atomic E-state index is 13.2. The van der Waals surface area contributed by atoms with E-state index in [-0.39, 0.29) is 23.7 Å². The first-order valence-corrected chi connectivity index (χ1v) is 8.46. The molecule has 2 aliphatic rings. The van der Waals surface area contributed by atoms with Gasteiger partial charge >= 0.3 is 0 Å². The molecule has 1 aromatic rings. The van der Waals surface area contributed by atoms with Gasteiger partial charge in [0, 0.05) is 12.5 Å². The average molecular weight is 304 g/mol. The second-order valence-corrected chi connectivity index (χ2v) is 6.63. The number of benzene rings is 1. The van der Waals surface area contributed by atoms with Crippen LogP contribution in [0.5, 0.6) is 0 Å². The standard InChI is InChI=1S/C18H25FN2O/c19-15-9-7-13(8-10-15)17-6-1-2-11-21(17)18(22)16-5-3-4-14(16)12-20/h7-10,14,16-17H,1-6,11-12,20H2/t14-,16-,17?/m1/s1. The molecule has 1 saturated heterocycles. The molecule has 1 amide bonds. The second kappa shape index (κ2) is 6.78. The van der Waals surface area contributed by atoms with Crippen molar-refractivity contribution in [2.75, 3.05) is 13.1 Å². The van der Waals surface area contributed by atoms with Gasteiger partial charge in [0.2, 0.25) is 5.91 Å². The van der Waals surface area contributed by atoms with Gasteiger partial charge in [-0.25, -0.2) is 4.39 Å². The van der Waals surface area contributed by atoms with Crippen LogP contribution in [0.3, 0.4) is 0 Å². The van der Waals surface area contributed by atoms with Crippen LogP contribution in [0.2, 0.25) is 0 Å². The Bertz CT molecular complexity index is 516. The highest BCUT2D eigenvalue weighted by Gasteiger charge is 2.38. The van der Waals surface area contributed by atoms with E-state index >= 15 is 0 Å². The molecular formula is C18H25FN2O. The molecule has 22 heavy (non-hydrogen) atoms. The number of hydrogen-bond acceptors (Lipinski definition) is 2. The number of piperidine rings is 1. The fourth-order valence-corrected chi connectivity index (χ4v) is 4.08. The summed E-state index contributed by atoms with van der Waals surface area (Å²) in [4.78, 5) is 15.1. The minimum Gasteiger partial charge on any atom is -0.335 e. The largest absolute Gasteiger partial charge is 0.335 e. The molecule has 120 valence electrons. The SMILES string of the molecule is NC[C@H]1CCC[C@H]1C(=O)N1CCCCC1c1ccc(F)cc1. The van der Waals surface area contributed by atoms with Crippen molar-refractivity contribution in [2.45, 2.75) is 44.6 Å². The third-order valence-electron chi connectivity index (χ3n) is 5.32. The summed E-state index contributed by atoms with van der Waals surface area (Å²) in [6.07, 6.45) is 6.29. The molecule has 1 aliphatic heterocycles. The molecule has 0 radical (unpaired) electrons. The Hall–Kier alpha value is -1.42. The summed E-state index contributed by atoms with van der Waals surface area (Å²) in [7, 11) is 0. The number of hydrogen-bond donors (Lipinski definition) is 1. The third kappa shape index (κ3) is 3.02. The van der Waals surface area contributed by atoms with Gasteiger partial charge in [0.25, 0.3) is 0 Å². The van der Waals surface area contributed by atoms with Gasteiger partial charge in [-0.2, -0.15) is 0 Å². The Morgan fingerprint density at radius 3 is 2.64 bits per heavy atom. The molecular weight excluding hydrogens is 279 g/mol. The Morgan fingerprint density at radius 1 is 1.14 bits per heavy atom. The normalized spacial score (nSPS) is 28.8. The van der Waals surface area contributed by atoms with Gasteiger partial charge in [0.05, 0.1) is 6.04 Å². The van der Waals surface area contributed by atoms with Crippen LogP contribution in [-0.2, 0) is 4.79 Å². The van der Waals surface area contributed by atoms with E-state index < -0.39 is 0 Å². The van der Waals surface area contributed by atoms with Crippen molar-refractivity contribution in [3.8, 4) is 0 Å². The maximum atomic E-state index is 13.2. The van der Waals surface area contributed by atoms with Crippen molar-refractivity contribution in [2.24, 2.45) is 17.6 Å². The Kier molecular flexibility index (Phi) is 4.77. The lowest BCUT2D eigenvalue weighted by Gasteiger charge is -2.38. The van der Waals surface area contributed by atoms with E-state index in [1.165, 1.54) is 12.1 Å². The van der Waals surface area contributed by atoms with Crippen molar-refractivity contribution < 1.29 is 9.18 Å². The van der Waals surface area contributed by atoms with Crippen LogP contribution in [0.1, 0.15) is 50.1 Å². The zero-order chi connectivity index (χ0) is 15.5. The Labute approximate surface area is 131 Å². The predicted molar refractivity (Wildman–Crippen MR) is 84.6 cm³/mol.